The Bertz CT molecular complexity index is 145. The Morgan fingerprint density at radius 2 is 2.00 bits per heavy atom. The number of halogens is 2. The van der Waals surface area contributed by atoms with Gasteiger partial charge in [0, 0.05) is 12.8 Å². The lowest BCUT2D eigenvalue weighted by Gasteiger charge is -2.19. The van der Waals surface area contributed by atoms with E-state index in [0.717, 1.165) is 0 Å². The third kappa shape index (κ3) is 1.27. The lowest BCUT2D eigenvalue weighted by molar-refractivity contribution is -0.0466. The van der Waals surface area contributed by atoms with Crippen molar-refractivity contribution in [1.82, 2.24) is 0 Å². The van der Waals surface area contributed by atoms with Gasteiger partial charge in [0.05, 0.1) is 11.7 Å². The monoisotopic (exact) mass is 152 g/mol. The van der Waals surface area contributed by atoms with Crippen molar-refractivity contribution in [3.05, 3.63) is 0 Å². The zero-order valence-electron chi connectivity index (χ0n) is 5.64. The molecule has 0 radical (unpaired) electrons. The third-order valence-corrected chi connectivity index (χ3v) is 1.83. The maximum atomic E-state index is 12.4. The molecule has 0 bridgehead atoms. The molecule has 2 N–H and O–H groups in total. The van der Waals surface area contributed by atoms with Crippen molar-refractivity contribution >= 4 is 0 Å². The van der Waals surface area contributed by atoms with Gasteiger partial charge in [-0.3, -0.25) is 0 Å². The molecule has 0 heterocycles. The molecule has 0 aliphatic heterocycles. The Morgan fingerprint density at radius 1 is 1.50 bits per heavy atom. The van der Waals surface area contributed by atoms with Gasteiger partial charge in [-0.2, -0.15) is 0 Å². The smallest absolute Gasteiger partial charge is 0.253 e. The zero-order chi connectivity index (χ0) is 7.99. The van der Waals surface area contributed by atoms with Crippen molar-refractivity contribution in [3.8, 4) is 0 Å². The van der Waals surface area contributed by atoms with E-state index >= 15 is 0 Å². The molecule has 2 atom stereocenters. The van der Waals surface area contributed by atoms with Crippen molar-refractivity contribution in [2.45, 2.75) is 37.4 Å². The van der Waals surface area contributed by atoms with Gasteiger partial charge in [0.1, 0.15) is 0 Å². The number of alkyl halides is 2. The fourth-order valence-electron chi connectivity index (χ4n) is 1.22. The molecule has 1 saturated carbocycles. The Labute approximate surface area is 57.5 Å². The summed E-state index contributed by atoms with van der Waals surface area (Å²) in [6.45, 7) is 1.22. The maximum Gasteiger partial charge on any atom is 0.253 e. The van der Waals surface area contributed by atoms with Crippen molar-refractivity contribution in [2.24, 2.45) is 0 Å². The second-order valence-corrected chi connectivity index (χ2v) is 3.11. The molecule has 0 aromatic rings. The fraction of sp³-hybridized carbons (Fsp3) is 1.00. The van der Waals surface area contributed by atoms with Gasteiger partial charge in [-0.1, -0.05) is 0 Å². The summed E-state index contributed by atoms with van der Waals surface area (Å²) in [6, 6.07) is 0. The standard InChI is InChI=1S/C6H10F2O2/c1-5(10)3-6(7,8)2-4(5)9/h4,9-10H,2-3H2,1H3/t4?,5-/m1/s1. The molecule has 0 aromatic carbocycles. The van der Waals surface area contributed by atoms with E-state index in [1.807, 2.05) is 0 Å². The Morgan fingerprint density at radius 3 is 2.10 bits per heavy atom. The second-order valence-electron chi connectivity index (χ2n) is 3.11. The first kappa shape index (κ1) is 7.88. The van der Waals surface area contributed by atoms with Crippen LogP contribution in [-0.4, -0.2) is 27.8 Å². The van der Waals surface area contributed by atoms with E-state index < -0.39 is 30.5 Å². The van der Waals surface area contributed by atoms with Crippen LogP contribution < -0.4 is 0 Å². The van der Waals surface area contributed by atoms with E-state index in [2.05, 4.69) is 0 Å². The van der Waals surface area contributed by atoms with Gasteiger partial charge in [0.25, 0.3) is 5.92 Å². The first-order chi connectivity index (χ1) is 4.33. The third-order valence-electron chi connectivity index (χ3n) is 1.83. The Kier molecular flexibility index (Phi) is 1.49. The molecule has 1 rings (SSSR count). The van der Waals surface area contributed by atoms with E-state index in [9.17, 15) is 8.78 Å². The highest BCUT2D eigenvalue weighted by Gasteiger charge is 2.52. The van der Waals surface area contributed by atoms with Gasteiger partial charge in [-0.25, -0.2) is 8.78 Å². The summed E-state index contributed by atoms with van der Waals surface area (Å²) in [5, 5.41) is 17.9. The topological polar surface area (TPSA) is 40.5 Å². The van der Waals surface area contributed by atoms with Crippen LogP contribution in [0.3, 0.4) is 0 Å². The Balaban J connectivity index is 2.71. The minimum absolute atomic E-state index is 0.625. The normalized spacial score (nSPS) is 45.9. The Hall–Kier alpha value is -0.220. The molecule has 0 saturated heterocycles. The van der Waals surface area contributed by atoms with Gasteiger partial charge in [-0.15, -0.1) is 0 Å². The first-order valence-corrected chi connectivity index (χ1v) is 3.12. The molecule has 0 amide bonds. The molecule has 60 valence electrons. The summed E-state index contributed by atoms with van der Waals surface area (Å²) in [5.41, 5.74) is -1.61. The summed E-state index contributed by atoms with van der Waals surface area (Å²) in [5.74, 6) is -2.90. The van der Waals surface area contributed by atoms with Crippen molar-refractivity contribution in [2.75, 3.05) is 0 Å². The van der Waals surface area contributed by atoms with Crippen LogP contribution in [0.4, 0.5) is 8.78 Å². The van der Waals surface area contributed by atoms with Crippen LogP contribution in [0.1, 0.15) is 19.8 Å². The highest BCUT2D eigenvalue weighted by Crippen LogP contribution is 2.41. The number of rotatable bonds is 0. The molecular formula is C6H10F2O2. The second kappa shape index (κ2) is 1.89. The SMILES string of the molecule is C[C@@]1(O)CC(F)(F)CC1O. The summed E-state index contributed by atoms with van der Waals surface area (Å²) in [7, 11) is 0. The highest BCUT2D eigenvalue weighted by atomic mass is 19.3. The van der Waals surface area contributed by atoms with E-state index in [1.54, 1.807) is 0 Å². The predicted octanol–water partition coefficient (Wildman–Crippen LogP) is 0.527. The van der Waals surface area contributed by atoms with Crippen LogP contribution >= 0.6 is 0 Å². The molecule has 1 aliphatic carbocycles. The number of hydrogen-bond donors (Lipinski definition) is 2. The van der Waals surface area contributed by atoms with Crippen molar-refractivity contribution < 1.29 is 19.0 Å². The average molecular weight is 152 g/mol. The van der Waals surface area contributed by atoms with Crippen LogP contribution in [0.2, 0.25) is 0 Å². The van der Waals surface area contributed by atoms with Crippen LogP contribution in [-0.2, 0) is 0 Å². The summed E-state index contributed by atoms with van der Waals surface area (Å²) in [6.07, 6.45) is -2.55. The van der Waals surface area contributed by atoms with E-state index in [0.29, 0.717) is 0 Å². The van der Waals surface area contributed by atoms with Gasteiger partial charge < -0.3 is 10.2 Å². The molecule has 1 aliphatic rings. The molecule has 1 fully saturated rings. The molecule has 4 heteroatoms. The van der Waals surface area contributed by atoms with Crippen molar-refractivity contribution in [3.63, 3.8) is 0 Å². The quantitative estimate of drug-likeness (QED) is 0.531. The lowest BCUT2D eigenvalue weighted by atomic mass is 10.0. The van der Waals surface area contributed by atoms with E-state index in [4.69, 9.17) is 10.2 Å². The molecule has 2 nitrogen and oxygen atoms in total. The minimum Gasteiger partial charge on any atom is -0.390 e. The number of aliphatic hydroxyl groups is 2. The first-order valence-electron chi connectivity index (χ1n) is 3.12. The fourth-order valence-corrected chi connectivity index (χ4v) is 1.22. The average Bonchev–Trinajstić information content (AvgIpc) is 1.73. The minimum atomic E-state index is -2.90. The molecule has 10 heavy (non-hydrogen) atoms. The van der Waals surface area contributed by atoms with E-state index in [-0.39, 0.29) is 0 Å². The molecule has 1 unspecified atom stereocenters. The van der Waals surface area contributed by atoms with E-state index in [1.165, 1.54) is 6.92 Å². The van der Waals surface area contributed by atoms with Crippen LogP contribution in [0.15, 0.2) is 0 Å². The van der Waals surface area contributed by atoms with Gasteiger partial charge >= 0.3 is 0 Å². The van der Waals surface area contributed by atoms with Crippen LogP contribution in [0.25, 0.3) is 0 Å². The molecule has 0 aromatic heterocycles. The largest absolute Gasteiger partial charge is 0.390 e. The summed E-state index contributed by atoms with van der Waals surface area (Å²) < 4.78 is 24.7. The zero-order valence-corrected chi connectivity index (χ0v) is 5.64. The number of aliphatic hydroxyl groups excluding tert-OH is 1. The molecule has 0 spiro atoms. The van der Waals surface area contributed by atoms with Gasteiger partial charge in [0.15, 0.2) is 0 Å². The summed E-state index contributed by atoms with van der Waals surface area (Å²) in [4.78, 5) is 0. The van der Waals surface area contributed by atoms with Crippen LogP contribution in [0.5, 0.6) is 0 Å². The number of hydrogen-bond acceptors (Lipinski definition) is 2. The van der Waals surface area contributed by atoms with Gasteiger partial charge in [-0.05, 0) is 6.92 Å². The van der Waals surface area contributed by atoms with Crippen LogP contribution in [0, 0.1) is 0 Å². The highest BCUT2D eigenvalue weighted by molar-refractivity contribution is 4.97. The summed E-state index contributed by atoms with van der Waals surface area (Å²) >= 11 is 0. The van der Waals surface area contributed by atoms with Crippen molar-refractivity contribution in [1.29, 1.82) is 0 Å². The van der Waals surface area contributed by atoms with Gasteiger partial charge in [0.2, 0.25) is 0 Å². The lowest BCUT2D eigenvalue weighted by Crippen LogP contribution is -2.33. The maximum absolute atomic E-state index is 12.4. The molecular weight excluding hydrogens is 142 g/mol. The predicted molar refractivity (Wildman–Crippen MR) is 30.8 cm³/mol.